The van der Waals surface area contributed by atoms with E-state index < -0.39 is 0 Å². The van der Waals surface area contributed by atoms with Crippen molar-refractivity contribution in [1.82, 2.24) is 10.4 Å². The minimum atomic E-state index is 0.203. The van der Waals surface area contributed by atoms with Crippen molar-refractivity contribution in [3.05, 3.63) is 20.8 Å². The lowest BCUT2D eigenvalue weighted by Gasteiger charge is -2.30. The highest BCUT2D eigenvalue weighted by Gasteiger charge is 2.17. The number of thiophene rings is 1. The van der Waals surface area contributed by atoms with Crippen LogP contribution in [0.3, 0.4) is 0 Å². The molecular formula is C10H16BrN3OS. The SMILES string of the molecule is NCC(NN1CCOCC1)c1ccc(Br)s1. The fraction of sp³-hybridized carbons (Fsp3) is 0.600. The van der Waals surface area contributed by atoms with E-state index in [0.29, 0.717) is 6.54 Å². The molecule has 0 aromatic carbocycles. The summed E-state index contributed by atoms with van der Waals surface area (Å²) in [7, 11) is 0. The average Bonchev–Trinajstić information content (AvgIpc) is 2.74. The first kappa shape index (κ1) is 12.5. The lowest BCUT2D eigenvalue weighted by molar-refractivity contribution is 0.00433. The van der Waals surface area contributed by atoms with Gasteiger partial charge in [0.15, 0.2) is 0 Å². The van der Waals surface area contributed by atoms with Gasteiger partial charge in [0.25, 0.3) is 0 Å². The average molecular weight is 306 g/mol. The summed E-state index contributed by atoms with van der Waals surface area (Å²) in [6, 6.07) is 4.37. The summed E-state index contributed by atoms with van der Waals surface area (Å²) in [5.41, 5.74) is 9.26. The van der Waals surface area contributed by atoms with Crippen LogP contribution in [0.15, 0.2) is 15.9 Å². The van der Waals surface area contributed by atoms with Gasteiger partial charge >= 0.3 is 0 Å². The number of hydrazine groups is 1. The molecular weight excluding hydrogens is 290 g/mol. The molecule has 2 rings (SSSR count). The minimum Gasteiger partial charge on any atom is -0.379 e. The molecule has 0 radical (unpaired) electrons. The van der Waals surface area contributed by atoms with Gasteiger partial charge in [-0.2, -0.15) is 0 Å². The Morgan fingerprint density at radius 1 is 1.50 bits per heavy atom. The van der Waals surface area contributed by atoms with Crippen LogP contribution >= 0.6 is 27.3 Å². The van der Waals surface area contributed by atoms with Gasteiger partial charge in [-0.15, -0.1) is 11.3 Å². The largest absolute Gasteiger partial charge is 0.379 e. The number of nitrogens with zero attached hydrogens (tertiary/aromatic N) is 1. The summed E-state index contributed by atoms with van der Waals surface area (Å²) < 4.78 is 6.45. The third kappa shape index (κ3) is 3.26. The van der Waals surface area contributed by atoms with E-state index >= 15 is 0 Å². The summed E-state index contributed by atoms with van der Waals surface area (Å²) in [4.78, 5) is 1.26. The van der Waals surface area contributed by atoms with Crippen LogP contribution in [0, 0.1) is 0 Å². The Kier molecular flexibility index (Phi) is 4.75. The van der Waals surface area contributed by atoms with Crippen LogP contribution in [0.2, 0.25) is 0 Å². The van der Waals surface area contributed by atoms with Crippen LogP contribution in [-0.2, 0) is 4.74 Å². The molecule has 0 amide bonds. The first-order chi connectivity index (χ1) is 7.79. The molecule has 1 aliphatic rings. The first-order valence-corrected chi connectivity index (χ1v) is 6.94. The van der Waals surface area contributed by atoms with Gasteiger partial charge in [0.1, 0.15) is 0 Å². The van der Waals surface area contributed by atoms with Gasteiger partial charge in [0.05, 0.1) is 23.0 Å². The number of halogens is 1. The molecule has 1 aromatic rings. The maximum atomic E-state index is 5.80. The van der Waals surface area contributed by atoms with Crippen molar-refractivity contribution in [2.45, 2.75) is 6.04 Å². The van der Waals surface area contributed by atoms with E-state index in [1.54, 1.807) is 11.3 Å². The zero-order valence-corrected chi connectivity index (χ0v) is 11.4. The summed E-state index contributed by atoms with van der Waals surface area (Å²) in [5, 5.41) is 2.19. The van der Waals surface area contributed by atoms with Gasteiger partial charge in [-0.3, -0.25) is 0 Å². The third-order valence-electron chi connectivity index (χ3n) is 2.52. The molecule has 2 heterocycles. The van der Waals surface area contributed by atoms with Crippen molar-refractivity contribution in [2.75, 3.05) is 32.8 Å². The molecule has 6 heteroatoms. The highest BCUT2D eigenvalue weighted by Crippen LogP contribution is 2.27. The zero-order chi connectivity index (χ0) is 11.4. The van der Waals surface area contributed by atoms with Crippen LogP contribution in [0.4, 0.5) is 0 Å². The minimum absolute atomic E-state index is 0.203. The molecule has 0 aliphatic carbocycles. The molecule has 1 aromatic heterocycles. The predicted octanol–water partition coefficient (Wildman–Crippen LogP) is 1.35. The lowest BCUT2D eigenvalue weighted by atomic mass is 10.2. The Labute approximate surface area is 108 Å². The molecule has 1 unspecified atom stereocenters. The second-order valence-electron chi connectivity index (χ2n) is 3.66. The van der Waals surface area contributed by atoms with Crippen molar-refractivity contribution >= 4 is 27.3 Å². The molecule has 16 heavy (non-hydrogen) atoms. The molecule has 1 saturated heterocycles. The third-order valence-corrected chi connectivity index (χ3v) is 4.26. The Morgan fingerprint density at radius 3 is 2.81 bits per heavy atom. The Hall–Kier alpha value is 0.0200. The predicted molar refractivity (Wildman–Crippen MR) is 69.3 cm³/mol. The van der Waals surface area contributed by atoms with Gasteiger partial charge < -0.3 is 10.5 Å². The molecule has 1 atom stereocenters. The maximum absolute atomic E-state index is 5.80. The van der Waals surface area contributed by atoms with Crippen molar-refractivity contribution in [3.8, 4) is 0 Å². The summed E-state index contributed by atoms with van der Waals surface area (Å²) in [5.74, 6) is 0. The quantitative estimate of drug-likeness (QED) is 0.881. The highest BCUT2D eigenvalue weighted by atomic mass is 79.9. The second kappa shape index (κ2) is 6.09. The van der Waals surface area contributed by atoms with E-state index in [9.17, 15) is 0 Å². The Balaban J connectivity index is 1.94. The second-order valence-corrected chi connectivity index (χ2v) is 6.15. The van der Waals surface area contributed by atoms with Crippen LogP contribution in [0.25, 0.3) is 0 Å². The molecule has 1 fully saturated rings. The molecule has 90 valence electrons. The van der Waals surface area contributed by atoms with Crippen molar-refractivity contribution in [2.24, 2.45) is 5.73 Å². The summed E-state index contributed by atoms with van der Waals surface area (Å²) in [6.07, 6.45) is 0. The van der Waals surface area contributed by atoms with Gasteiger partial charge in [-0.1, -0.05) is 0 Å². The molecule has 3 N–H and O–H groups in total. The van der Waals surface area contributed by atoms with E-state index in [-0.39, 0.29) is 6.04 Å². The van der Waals surface area contributed by atoms with Crippen molar-refractivity contribution in [3.63, 3.8) is 0 Å². The van der Waals surface area contributed by atoms with Gasteiger partial charge in [0.2, 0.25) is 0 Å². The van der Waals surface area contributed by atoms with E-state index in [2.05, 4.69) is 38.5 Å². The van der Waals surface area contributed by atoms with Crippen LogP contribution in [0.1, 0.15) is 10.9 Å². The summed E-state index contributed by atoms with van der Waals surface area (Å²) in [6.45, 7) is 4.02. The standard InChI is InChI=1S/C10H16BrN3OS/c11-10-2-1-9(16-10)8(7-12)13-14-3-5-15-6-4-14/h1-2,8,13H,3-7,12H2. The maximum Gasteiger partial charge on any atom is 0.0702 e. The topological polar surface area (TPSA) is 50.5 Å². The van der Waals surface area contributed by atoms with E-state index in [0.717, 1.165) is 30.1 Å². The monoisotopic (exact) mass is 305 g/mol. The Bertz CT molecular complexity index is 328. The van der Waals surface area contributed by atoms with Gasteiger partial charge in [-0.25, -0.2) is 10.4 Å². The number of rotatable bonds is 4. The van der Waals surface area contributed by atoms with E-state index in [1.807, 2.05) is 0 Å². The number of nitrogens with one attached hydrogen (secondary N) is 1. The normalized spacial score (nSPS) is 19.9. The van der Waals surface area contributed by atoms with Crippen LogP contribution in [0.5, 0.6) is 0 Å². The number of nitrogens with two attached hydrogens (primary N) is 1. The first-order valence-electron chi connectivity index (χ1n) is 5.34. The van der Waals surface area contributed by atoms with Gasteiger partial charge in [0, 0.05) is 24.5 Å². The molecule has 0 spiro atoms. The molecule has 0 saturated carbocycles. The van der Waals surface area contributed by atoms with Crippen molar-refractivity contribution in [1.29, 1.82) is 0 Å². The smallest absolute Gasteiger partial charge is 0.0702 e. The number of hydrogen-bond acceptors (Lipinski definition) is 5. The van der Waals surface area contributed by atoms with Crippen LogP contribution in [-0.4, -0.2) is 37.9 Å². The lowest BCUT2D eigenvalue weighted by Crippen LogP contribution is -2.48. The number of morpholine rings is 1. The fourth-order valence-electron chi connectivity index (χ4n) is 1.66. The summed E-state index contributed by atoms with van der Waals surface area (Å²) >= 11 is 5.20. The van der Waals surface area contributed by atoms with E-state index in [1.165, 1.54) is 4.88 Å². The zero-order valence-electron chi connectivity index (χ0n) is 8.99. The molecule has 0 bridgehead atoms. The molecule has 1 aliphatic heterocycles. The fourth-order valence-corrected chi connectivity index (χ4v) is 3.14. The van der Waals surface area contributed by atoms with Crippen LogP contribution < -0.4 is 11.2 Å². The van der Waals surface area contributed by atoms with E-state index in [4.69, 9.17) is 10.5 Å². The number of hydrogen-bond donors (Lipinski definition) is 2. The van der Waals surface area contributed by atoms with Crippen molar-refractivity contribution < 1.29 is 4.74 Å². The highest BCUT2D eigenvalue weighted by molar-refractivity contribution is 9.11. The number of ether oxygens (including phenoxy) is 1. The van der Waals surface area contributed by atoms with Gasteiger partial charge in [-0.05, 0) is 28.1 Å². The Morgan fingerprint density at radius 2 is 2.25 bits per heavy atom. The molecule has 4 nitrogen and oxygen atoms in total.